The van der Waals surface area contributed by atoms with Crippen molar-refractivity contribution in [3.8, 4) is 5.75 Å². The second-order valence-electron chi connectivity index (χ2n) is 9.88. The predicted octanol–water partition coefficient (Wildman–Crippen LogP) is 9.36. The summed E-state index contributed by atoms with van der Waals surface area (Å²) in [6.45, 7) is 3.52. The number of allylic oxidation sites excluding steroid dienone is 2. The van der Waals surface area contributed by atoms with Gasteiger partial charge in [0.25, 0.3) is 0 Å². The van der Waals surface area contributed by atoms with Crippen LogP contribution in [0.3, 0.4) is 0 Å². The Hall–Kier alpha value is -2.49. The quantitative estimate of drug-likeness (QED) is 0.310. The molecule has 2 aliphatic rings. The summed E-state index contributed by atoms with van der Waals surface area (Å²) < 4.78 is 21.0. The van der Waals surface area contributed by atoms with Gasteiger partial charge in [0.2, 0.25) is 0 Å². The van der Waals surface area contributed by atoms with E-state index in [0.717, 1.165) is 54.7 Å². The molecule has 0 amide bonds. The molecule has 2 aliphatic carbocycles. The maximum Gasteiger partial charge on any atom is 0.136 e. The molecule has 2 saturated carbocycles. The van der Waals surface area contributed by atoms with E-state index in [-0.39, 0.29) is 5.60 Å². The fraction of sp³-hybridized carbons (Fsp3) is 0.333. The Bertz CT molecular complexity index is 1240. The molecule has 2 nitrogen and oxygen atoms in total. The summed E-state index contributed by atoms with van der Waals surface area (Å²) in [6.07, 6.45) is 5.40. The maximum absolute atomic E-state index is 14.6. The summed E-state index contributed by atoms with van der Waals surface area (Å²) in [4.78, 5) is 0. The minimum Gasteiger partial charge on any atom is -0.483 e. The van der Waals surface area contributed by atoms with E-state index in [1.807, 2.05) is 55.5 Å². The molecule has 3 aromatic carbocycles. The lowest BCUT2D eigenvalue weighted by atomic mass is 9.94. The van der Waals surface area contributed by atoms with Crippen molar-refractivity contribution in [1.82, 2.24) is 0 Å². The first-order valence-electron chi connectivity index (χ1n) is 12.3. The second kappa shape index (κ2) is 9.52. The topological polar surface area (TPSA) is 21.3 Å². The van der Waals surface area contributed by atoms with Crippen molar-refractivity contribution in [2.24, 2.45) is 0 Å². The molecule has 0 aromatic heterocycles. The van der Waals surface area contributed by atoms with E-state index in [0.29, 0.717) is 16.5 Å². The van der Waals surface area contributed by atoms with Gasteiger partial charge in [-0.1, -0.05) is 60.5 Å². The average molecular weight is 510 g/mol. The maximum atomic E-state index is 14.6. The Labute approximate surface area is 217 Å². The Morgan fingerprint density at radius 3 is 2.26 bits per heavy atom. The van der Waals surface area contributed by atoms with Crippen LogP contribution in [-0.4, -0.2) is 0 Å². The standard InChI is InChI=1S/C30H30Cl2FNO/c1-3-29(2,33)22-8-4-20(5-9-22)18-28(21-6-7-21)34-24-11-13-25(14-12-24)35-30(16-17-30)26-15-10-23(31)19-27(26)32/h4-5,8-15,19,34H,3,6-7,16-18H2,1-2H3. The third kappa shape index (κ3) is 5.52. The number of nitrogens with one attached hydrogen (secondary N) is 1. The van der Waals surface area contributed by atoms with Gasteiger partial charge in [-0.25, -0.2) is 4.39 Å². The lowest BCUT2D eigenvalue weighted by molar-refractivity contribution is 0.181. The molecule has 0 heterocycles. The van der Waals surface area contributed by atoms with Crippen LogP contribution in [-0.2, 0) is 17.7 Å². The summed E-state index contributed by atoms with van der Waals surface area (Å²) in [5.41, 5.74) is 4.97. The molecular formula is C30H30Cl2FNO. The van der Waals surface area contributed by atoms with Crippen LogP contribution in [0, 0.1) is 0 Å². The Balaban J connectivity index is 1.25. The fourth-order valence-corrected chi connectivity index (χ4v) is 4.99. The average Bonchev–Trinajstić information content (AvgIpc) is 3.76. The van der Waals surface area contributed by atoms with Crippen molar-refractivity contribution < 1.29 is 9.13 Å². The van der Waals surface area contributed by atoms with Gasteiger partial charge in [0.1, 0.15) is 17.0 Å². The molecule has 35 heavy (non-hydrogen) atoms. The van der Waals surface area contributed by atoms with E-state index < -0.39 is 5.67 Å². The number of rotatable bonds is 9. The highest BCUT2D eigenvalue weighted by Gasteiger charge is 2.48. The van der Waals surface area contributed by atoms with E-state index in [4.69, 9.17) is 27.9 Å². The highest BCUT2D eigenvalue weighted by Crippen LogP contribution is 2.51. The summed E-state index contributed by atoms with van der Waals surface area (Å²) >= 11 is 12.5. The van der Waals surface area contributed by atoms with Gasteiger partial charge in [0.15, 0.2) is 0 Å². The second-order valence-corrected chi connectivity index (χ2v) is 10.7. The first-order chi connectivity index (χ1) is 16.8. The van der Waals surface area contributed by atoms with Crippen LogP contribution in [0.2, 0.25) is 10.0 Å². The van der Waals surface area contributed by atoms with Crippen LogP contribution < -0.4 is 10.1 Å². The molecule has 0 saturated heterocycles. The molecule has 3 aromatic rings. The third-order valence-electron chi connectivity index (χ3n) is 7.12. The van der Waals surface area contributed by atoms with Crippen molar-refractivity contribution in [3.05, 3.63) is 105 Å². The van der Waals surface area contributed by atoms with Crippen LogP contribution in [0.25, 0.3) is 0 Å². The van der Waals surface area contributed by atoms with Crippen LogP contribution >= 0.6 is 23.2 Å². The number of alkyl halides is 1. The minimum atomic E-state index is -1.28. The molecule has 0 aliphatic heterocycles. The number of hydrogen-bond acceptors (Lipinski definition) is 2. The Morgan fingerprint density at radius 2 is 1.69 bits per heavy atom. The van der Waals surface area contributed by atoms with Crippen molar-refractivity contribution in [3.63, 3.8) is 0 Å². The number of hydrogen-bond donors (Lipinski definition) is 1. The monoisotopic (exact) mass is 509 g/mol. The van der Waals surface area contributed by atoms with Gasteiger partial charge in [-0.15, -0.1) is 0 Å². The van der Waals surface area contributed by atoms with Crippen LogP contribution in [0.5, 0.6) is 5.75 Å². The molecule has 182 valence electrons. The third-order valence-corrected chi connectivity index (χ3v) is 7.66. The number of ether oxygens (including phenoxy) is 1. The van der Waals surface area contributed by atoms with E-state index in [1.165, 1.54) is 16.8 Å². The van der Waals surface area contributed by atoms with Gasteiger partial charge in [-0.05, 0) is 92.1 Å². The molecule has 0 spiro atoms. The summed E-state index contributed by atoms with van der Waals surface area (Å²) in [7, 11) is 0. The lowest BCUT2D eigenvalue weighted by Crippen LogP contribution is -2.16. The van der Waals surface area contributed by atoms with Gasteiger partial charge in [-0.2, -0.15) is 0 Å². The fourth-order valence-electron chi connectivity index (χ4n) is 4.41. The van der Waals surface area contributed by atoms with Crippen LogP contribution in [0.1, 0.15) is 62.6 Å². The zero-order valence-electron chi connectivity index (χ0n) is 20.1. The Kier molecular flexibility index (Phi) is 6.59. The summed E-state index contributed by atoms with van der Waals surface area (Å²) in [5, 5.41) is 4.89. The van der Waals surface area contributed by atoms with Crippen molar-refractivity contribution >= 4 is 28.9 Å². The summed E-state index contributed by atoms with van der Waals surface area (Å²) in [5.74, 6) is 0.820. The molecule has 0 bridgehead atoms. The van der Waals surface area contributed by atoms with Gasteiger partial charge in [0.05, 0.1) is 0 Å². The molecule has 2 fully saturated rings. The minimum absolute atomic E-state index is 0.364. The van der Waals surface area contributed by atoms with Crippen LogP contribution in [0.15, 0.2) is 78.0 Å². The smallest absolute Gasteiger partial charge is 0.136 e. The summed E-state index contributed by atoms with van der Waals surface area (Å²) in [6, 6.07) is 21.6. The van der Waals surface area contributed by atoms with Crippen molar-refractivity contribution in [1.29, 1.82) is 0 Å². The Morgan fingerprint density at radius 1 is 1.00 bits per heavy atom. The van der Waals surface area contributed by atoms with E-state index in [1.54, 1.807) is 13.0 Å². The van der Waals surface area contributed by atoms with E-state index >= 15 is 0 Å². The first kappa shape index (κ1) is 24.2. The highest BCUT2D eigenvalue weighted by molar-refractivity contribution is 6.35. The highest BCUT2D eigenvalue weighted by atomic mass is 35.5. The normalized spacial score (nSPS) is 17.5. The number of halogens is 3. The molecule has 1 N–H and O–H groups in total. The van der Waals surface area contributed by atoms with Crippen molar-refractivity contribution in [2.45, 2.75) is 63.6 Å². The van der Waals surface area contributed by atoms with Crippen LogP contribution in [0.4, 0.5) is 10.1 Å². The zero-order valence-corrected chi connectivity index (χ0v) is 21.6. The van der Waals surface area contributed by atoms with Gasteiger partial charge < -0.3 is 10.1 Å². The number of anilines is 1. The molecule has 5 heteroatoms. The molecule has 5 rings (SSSR count). The predicted molar refractivity (Wildman–Crippen MR) is 143 cm³/mol. The molecule has 0 radical (unpaired) electrons. The van der Waals surface area contributed by atoms with Gasteiger partial charge in [-0.3, -0.25) is 0 Å². The van der Waals surface area contributed by atoms with E-state index in [9.17, 15) is 4.39 Å². The largest absolute Gasteiger partial charge is 0.483 e. The lowest BCUT2D eigenvalue weighted by Gasteiger charge is -2.20. The van der Waals surface area contributed by atoms with E-state index in [2.05, 4.69) is 17.4 Å². The number of benzene rings is 3. The van der Waals surface area contributed by atoms with Crippen molar-refractivity contribution in [2.75, 3.05) is 5.32 Å². The van der Waals surface area contributed by atoms with Gasteiger partial charge >= 0.3 is 0 Å². The molecule has 1 atom stereocenters. The molecule has 1 unspecified atom stereocenters. The van der Waals surface area contributed by atoms with Gasteiger partial charge in [0, 0.05) is 33.4 Å². The zero-order chi connectivity index (χ0) is 24.6. The molecular weight excluding hydrogens is 480 g/mol. The SMILES string of the molecule is CCC(C)(F)c1ccc(CC(Nc2ccc(OC3(c4ccc(Cl)cc4Cl)CC3)cc2)=C2CC2)cc1. The first-order valence-corrected chi connectivity index (χ1v) is 13.0.